The third kappa shape index (κ3) is 3.63. The predicted molar refractivity (Wildman–Crippen MR) is 110 cm³/mol. The van der Waals surface area contributed by atoms with Crippen LogP contribution in [0.2, 0.25) is 0 Å². The molecule has 2 aromatic carbocycles. The van der Waals surface area contributed by atoms with Crippen molar-refractivity contribution in [2.24, 2.45) is 0 Å². The van der Waals surface area contributed by atoms with Gasteiger partial charge in [0, 0.05) is 32.7 Å². The van der Waals surface area contributed by atoms with E-state index in [0.717, 1.165) is 23.4 Å². The molecule has 0 unspecified atom stereocenters. The van der Waals surface area contributed by atoms with Crippen LogP contribution in [0.1, 0.15) is 12.5 Å². The number of nitrogens with zero attached hydrogens (tertiary/aromatic N) is 3. The van der Waals surface area contributed by atoms with Crippen LogP contribution in [0.5, 0.6) is 0 Å². The number of rotatable bonds is 5. The number of anilines is 1. The molecule has 0 saturated carbocycles. The Morgan fingerprint density at radius 1 is 1.10 bits per heavy atom. The van der Waals surface area contributed by atoms with Crippen molar-refractivity contribution in [3.05, 3.63) is 74.7 Å². The maximum atomic E-state index is 14.9. The molecule has 0 atom stereocenters. The molecule has 0 radical (unpaired) electrons. The second-order valence-electron chi connectivity index (χ2n) is 6.94. The molecule has 8 heteroatoms. The first-order valence-corrected chi connectivity index (χ1v) is 9.72. The fraction of sp³-hybridized carbons (Fsp3) is 0.333. The highest BCUT2D eigenvalue weighted by atomic mass is 19.1. The number of hydrogen-bond donors (Lipinski definition) is 1. The number of piperazine rings is 1. The Morgan fingerprint density at radius 2 is 1.83 bits per heavy atom. The molecule has 7 nitrogen and oxygen atoms in total. The topological polar surface area (TPSA) is 68.5 Å². The molecule has 2 heterocycles. The quantitative estimate of drug-likeness (QED) is 0.703. The molecule has 0 aliphatic carbocycles. The van der Waals surface area contributed by atoms with Crippen molar-refractivity contribution in [3.8, 4) is 0 Å². The average molecular weight is 398 g/mol. The Balaban J connectivity index is 1.81. The monoisotopic (exact) mass is 398 g/mol. The number of nitrogens with one attached hydrogen (secondary N) is 1. The fourth-order valence-electron chi connectivity index (χ4n) is 3.64. The van der Waals surface area contributed by atoms with Crippen LogP contribution in [0, 0.1) is 5.82 Å². The summed E-state index contributed by atoms with van der Waals surface area (Å²) in [5, 5.41) is 3.35. The zero-order valence-corrected chi connectivity index (χ0v) is 16.2. The van der Waals surface area contributed by atoms with Gasteiger partial charge in [-0.05, 0) is 24.6 Å². The second kappa shape index (κ2) is 8.08. The van der Waals surface area contributed by atoms with Crippen LogP contribution in [-0.2, 0) is 13.2 Å². The maximum Gasteiger partial charge on any atom is 0.365 e. The molecule has 1 N–H and O–H groups in total. The number of benzene rings is 2. The van der Waals surface area contributed by atoms with Gasteiger partial charge in [0.05, 0.1) is 16.6 Å². The lowest BCUT2D eigenvalue weighted by Crippen LogP contribution is -2.45. The number of hydrogen-bond acceptors (Lipinski definition) is 5. The van der Waals surface area contributed by atoms with Crippen molar-refractivity contribution >= 4 is 16.6 Å². The summed E-state index contributed by atoms with van der Waals surface area (Å²) in [6, 6.07) is 12.0. The fourth-order valence-corrected chi connectivity index (χ4v) is 3.64. The van der Waals surface area contributed by atoms with Gasteiger partial charge in [0.25, 0.3) is 5.56 Å². The molecule has 29 heavy (non-hydrogen) atoms. The van der Waals surface area contributed by atoms with E-state index in [0.29, 0.717) is 30.8 Å². The van der Waals surface area contributed by atoms with Crippen LogP contribution in [0.3, 0.4) is 0 Å². The molecule has 0 spiro atoms. The first kappa shape index (κ1) is 19.2. The van der Waals surface area contributed by atoms with Gasteiger partial charge in [-0.15, -0.1) is 0 Å². The summed E-state index contributed by atoms with van der Waals surface area (Å²) < 4.78 is 17.0. The predicted octanol–water partition coefficient (Wildman–Crippen LogP) is 1.36. The van der Waals surface area contributed by atoms with Crippen LogP contribution >= 0.6 is 0 Å². The minimum Gasteiger partial charge on any atom is -0.401 e. The summed E-state index contributed by atoms with van der Waals surface area (Å²) in [7, 11) is 0. The Hall–Kier alpha value is -3.13. The summed E-state index contributed by atoms with van der Waals surface area (Å²) >= 11 is 0. The van der Waals surface area contributed by atoms with Crippen molar-refractivity contribution in [1.29, 1.82) is 0 Å². The number of aryl methyl sites for hydroxylation is 1. The Labute approximate surface area is 166 Å². The molecule has 1 fully saturated rings. The van der Waals surface area contributed by atoms with E-state index in [4.69, 9.17) is 4.84 Å². The zero-order valence-electron chi connectivity index (χ0n) is 16.2. The number of aromatic nitrogens is 2. The molecule has 0 bridgehead atoms. The van der Waals surface area contributed by atoms with Crippen molar-refractivity contribution < 1.29 is 9.23 Å². The minimum atomic E-state index is -0.656. The summed E-state index contributed by atoms with van der Waals surface area (Å²) in [5.74, 6) is -0.479. The van der Waals surface area contributed by atoms with Crippen molar-refractivity contribution in [2.45, 2.75) is 20.1 Å². The smallest absolute Gasteiger partial charge is 0.365 e. The van der Waals surface area contributed by atoms with E-state index in [1.165, 1.54) is 10.6 Å². The van der Waals surface area contributed by atoms with Gasteiger partial charge in [-0.25, -0.2) is 9.18 Å². The highest BCUT2D eigenvalue weighted by Crippen LogP contribution is 2.24. The van der Waals surface area contributed by atoms with Crippen LogP contribution in [0.4, 0.5) is 10.1 Å². The Kier molecular flexibility index (Phi) is 5.35. The standard InChI is InChI=1S/C21H23FN4O3/c1-2-25-18-13-19(24-10-8-23-9-11-24)17(22)12-16(18)20(27)26(21(25)28)29-14-15-6-4-3-5-7-15/h3-7,12-13,23H,2,8-11,14H2,1H3. The molecular formula is C21H23FN4O3. The average Bonchev–Trinajstić information content (AvgIpc) is 2.75. The summed E-state index contributed by atoms with van der Waals surface area (Å²) in [4.78, 5) is 33.3. The van der Waals surface area contributed by atoms with Crippen LogP contribution in [-0.4, -0.2) is 35.5 Å². The van der Waals surface area contributed by atoms with Crippen LogP contribution in [0.25, 0.3) is 10.9 Å². The number of halogens is 1. The third-order valence-electron chi connectivity index (χ3n) is 5.15. The van der Waals surface area contributed by atoms with Gasteiger partial charge in [0.1, 0.15) is 12.4 Å². The minimum absolute atomic E-state index is 0.0621. The van der Waals surface area contributed by atoms with Gasteiger partial charge < -0.3 is 15.1 Å². The van der Waals surface area contributed by atoms with Crippen LogP contribution < -0.4 is 26.3 Å². The number of fused-ring (bicyclic) bond motifs is 1. The molecular weight excluding hydrogens is 375 g/mol. The zero-order chi connectivity index (χ0) is 20.4. The maximum absolute atomic E-state index is 14.9. The van der Waals surface area contributed by atoms with Crippen molar-refractivity contribution in [1.82, 2.24) is 14.6 Å². The van der Waals surface area contributed by atoms with Crippen LogP contribution in [0.15, 0.2) is 52.1 Å². The van der Waals surface area contributed by atoms with Crippen molar-refractivity contribution in [3.63, 3.8) is 0 Å². The highest BCUT2D eigenvalue weighted by Gasteiger charge is 2.20. The molecule has 1 aliphatic rings. The summed E-state index contributed by atoms with van der Waals surface area (Å²) in [6.45, 7) is 5.04. The molecule has 1 aromatic heterocycles. The van der Waals surface area contributed by atoms with E-state index in [1.807, 2.05) is 35.2 Å². The largest absolute Gasteiger partial charge is 0.401 e. The molecule has 4 rings (SSSR count). The Morgan fingerprint density at radius 3 is 2.52 bits per heavy atom. The summed E-state index contributed by atoms with van der Waals surface area (Å²) in [6.07, 6.45) is 0. The lowest BCUT2D eigenvalue weighted by molar-refractivity contribution is 0.0774. The third-order valence-corrected chi connectivity index (χ3v) is 5.15. The van der Waals surface area contributed by atoms with E-state index in [9.17, 15) is 14.0 Å². The van der Waals surface area contributed by atoms with E-state index in [-0.39, 0.29) is 12.0 Å². The SMILES string of the molecule is CCn1c(=O)n(OCc2ccccc2)c(=O)c2cc(F)c(N3CCNCC3)cc21. The molecule has 3 aromatic rings. The van der Waals surface area contributed by atoms with E-state index in [1.54, 1.807) is 13.0 Å². The van der Waals surface area contributed by atoms with E-state index in [2.05, 4.69) is 5.32 Å². The highest BCUT2D eigenvalue weighted by molar-refractivity contribution is 5.82. The second-order valence-corrected chi connectivity index (χ2v) is 6.94. The molecule has 0 amide bonds. The summed E-state index contributed by atoms with van der Waals surface area (Å²) in [5.41, 5.74) is 0.414. The first-order valence-electron chi connectivity index (χ1n) is 9.72. The lowest BCUT2D eigenvalue weighted by Gasteiger charge is -2.30. The Bertz CT molecular complexity index is 1130. The van der Waals surface area contributed by atoms with E-state index < -0.39 is 17.1 Å². The van der Waals surface area contributed by atoms with Gasteiger partial charge in [-0.1, -0.05) is 35.1 Å². The van der Waals surface area contributed by atoms with E-state index >= 15 is 0 Å². The molecule has 1 saturated heterocycles. The van der Waals surface area contributed by atoms with Gasteiger partial charge in [-0.2, -0.15) is 0 Å². The van der Waals surface area contributed by atoms with Gasteiger partial charge >= 0.3 is 5.69 Å². The van der Waals surface area contributed by atoms with Gasteiger partial charge in [-0.3, -0.25) is 9.36 Å². The lowest BCUT2D eigenvalue weighted by atomic mass is 10.1. The van der Waals surface area contributed by atoms with Crippen molar-refractivity contribution in [2.75, 3.05) is 31.1 Å². The first-order chi connectivity index (χ1) is 14.1. The van der Waals surface area contributed by atoms with Gasteiger partial charge in [0.15, 0.2) is 0 Å². The molecule has 152 valence electrons. The molecule has 1 aliphatic heterocycles. The van der Waals surface area contributed by atoms with Gasteiger partial charge in [0.2, 0.25) is 0 Å². The normalized spacial score (nSPS) is 14.3.